The lowest BCUT2D eigenvalue weighted by atomic mass is 9.47. The molecule has 3 saturated carbocycles. The summed E-state index contributed by atoms with van der Waals surface area (Å²) >= 11 is 2.12. The second kappa shape index (κ2) is 6.71. The lowest BCUT2D eigenvalue weighted by Crippen LogP contribution is -2.50. The van der Waals surface area contributed by atoms with Crippen LogP contribution in [0.4, 0.5) is 0 Å². The summed E-state index contributed by atoms with van der Waals surface area (Å²) in [5.74, 6) is 4.08. The maximum absolute atomic E-state index is 12.5. The number of allylic oxidation sites excluding steroid dienone is 1. The van der Waals surface area contributed by atoms with Crippen molar-refractivity contribution in [3.8, 4) is 0 Å². The highest BCUT2D eigenvalue weighted by atomic mass is 32.2. The van der Waals surface area contributed by atoms with E-state index in [1.807, 2.05) is 0 Å². The molecule has 2 nitrogen and oxygen atoms in total. The number of carbonyl (C=O) groups excluding carboxylic acids is 1. The van der Waals surface area contributed by atoms with Gasteiger partial charge in [-0.2, -0.15) is 11.8 Å². The van der Waals surface area contributed by atoms with Gasteiger partial charge in [0.05, 0.1) is 0 Å². The van der Waals surface area contributed by atoms with Gasteiger partial charge in [0.1, 0.15) is 5.78 Å². The molecule has 0 saturated heterocycles. The molecule has 4 rings (SSSR count). The smallest absolute Gasteiger partial charge is 0.139 e. The van der Waals surface area contributed by atoms with E-state index in [-0.39, 0.29) is 5.41 Å². The fourth-order valence-electron chi connectivity index (χ4n) is 6.92. The number of carbonyl (C=O) groups is 1. The van der Waals surface area contributed by atoms with Gasteiger partial charge in [-0.25, -0.2) is 0 Å². The molecule has 0 aromatic carbocycles. The van der Waals surface area contributed by atoms with Gasteiger partial charge in [0.2, 0.25) is 0 Å². The Morgan fingerprint density at radius 1 is 1.08 bits per heavy atom. The van der Waals surface area contributed by atoms with Gasteiger partial charge in [-0.3, -0.25) is 4.79 Å². The number of hydrogen-bond donors (Lipinski definition) is 1. The average Bonchev–Trinajstić information content (AvgIpc) is 2.90. The molecule has 0 amide bonds. The van der Waals surface area contributed by atoms with E-state index in [1.165, 1.54) is 44.3 Å². The molecule has 3 heteroatoms. The van der Waals surface area contributed by atoms with Crippen LogP contribution in [0.15, 0.2) is 11.6 Å². The molecule has 2 N–H and O–H groups in total. The number of Topliss-reactive ketones (excluding diaryl/α,β-unsaturated/α-hetero) is 1. The van der Waals surface area contributed by atoms with Crippen LogP contribution in [0.3, 0.4) is 0 Å². The van der Waals surface area contributed by atoms with Crippen molar-refractivity contribution in [3.63, 3.8) is 0 Å². The average molecular weight is 362 g/mol. The zero-order chi connectivity index (χ0) is 17.7. The highest BCUT2D eigenvalue weighted by Crippen LogP contribution is 2.64. The summed E-state index contributed by atoms with van der Waals surface area (Å²) in [6.07, 6.45) is 13.5. The molecule has 0 aromatic rings. The van der Waals surface area contributed by atoms with Crippen LogP contribution in [0.1, 0.15) is 71.6 Å². The summed E-state index contributed by atoms with van der Waals surface area (Å²) in [5.41, 5.74) is 7.86. The van der Waals surface area contributed by atoms with Gasteiger partial charge in [0, 0.05) is 17.1 Å². The molecule has 6 atom stereocenters. The SMILES string of the molecule is C[C@]12CC[C@@H](SCCCN)C=C1CCC1C2CC[C@]2(C)C(=O)CCC12. The first-order valence-corrected chi connectivity index (χ1v) is 11.6. The quantitative estimate of drug-likeness (QED) is 0.568. The lowest BCUT2D eigenvalue weighted by Gasteiger charge is -2.57. The van der Waals surface area contributed by atoms with E-state index in [9.17, 15) is 4.79 Å². The second-order valence-corrected chi connectivity index (χ2v) is 10.9. The Labute approximate surface area is 157 Å². The van der Waals surface area contributed by atoms with Gasteiger partial charge < -0.3 is 5.73 Å². The maximum atomic E-state index is 12.5. The van der Waals surface area contributed by atoms with Gasteiger partial charge in [0.25, 0.3) is 0 Å². The molecule has 0 radical (unpaired) electrons. The molecule has 0 heterocycles. The van der Waals surface area contributed by atoms with Crippen molar-refractivity contribution in [1.29, 1.82) is 0 Å². The van der Waals surface area contributed by atoms with Crippen LogP contribution in [-0.4, -0.2) is 23.3 Å². The van der Waals surface area contributed by atoms with Gasteiger partial charge >= 0.3 is 0 Å². The van der Waals surface area contributed by atoms with E-state index in [4.69, 9.17) is 5.73 Å². The lowest BCUT2D eigenvalue weighted by molar-refractivity contribution is -0.132. The van der Waals surface area contributed by atoms with Crippen LogP contribution in [-0.2, 0) is 4.79 Å². The molecule has 140 valence electrons. The predicted molar refractivity (Wildman–Crippen MR) is 107 cm³/mol. The minimum absolute atomic E-state index is 0.0218. The Morgan fingerprint density at radius 2 is 1.84 bits per heavy atom. The Hall–Kier alpha value is -0.280. The summed E-state index contributed by atoms with van der Waals surface area (Å²) in [6.45, 7) is 5.67. The van der Waals surface area contributed by atoms with Crippen LogP contribution in [0.5, 0.6) is 0 Å². The summed E-state index contributed by atoms with van der Waals surface area (Å²) in [7, 11) is 0. The van der Waals surface area contributed by atoms with Crippen LogP contribution in [0, 0.1) is 28.6 Å². The summed E-state index contributed by atoms with van der Waals surface area (Å²) in [4.78, 5) is 12.5. The monoisotopic (exact) mass is 361 g/mol. The molecule has 0 spiro atoms. The third kappa shape index (κ3) is 2.84. The van der Waals surface area contributed by atoms with E-state index in [1.54, 1.807) is 5.57 Å². The highest BCUT2D eigenvalue weighted by Gasteiger charge is 2.58. The predicted octanol–water partition coefficient (Wildman–Crippen LogP) is 4.97. The number of hydrogen-bond acceptors (Lipinski definition) is 3. The third-order valence-electron chi connectivity index (χ3n) is 8.46. The minimum atomic E-state index is 0.0218. The molecule has 4 aliphatic rings. The Bertz CT molecular complexity index is 572. The molecule has 0 aliphatic heterocycles. The first-order chi connectivity index (χ1) is 12.0. The Kier molecular flexibility index (Phi) is 4.86. The fraction of sp³-hybridized carbons (Fsp3) is 0.864. The number of nitrogens with two attached hydrogens (primary N) is 1. The number of rotatable bonds is 4. The van der Waals surface area contributed by atoms with Crippen molar-refractivity contribution in [1.82, 2.24) is 0 Å². The van der Waals surface area contributed by atoms with Crippen molar-refractivity contribution >= 4 is 17.5 Å². The molecular formula is C22H35NOS. The first-order valence-electron chi connectivity index (χ1n) is 10.5. The molecule has 4 aliphatic carbocycles. The van der Waals surface area contributed by atoms with E-state index >= 15 is 0 Å². The standard InChI is InChI=1S/C22H35NOS/c1-21-10-8-16(25-13-3-12-23)14-15(21)4-5-17-18-6-7-20(24)22(18,2)11-9-19(17)21/h14,16-19H,3-13,23H2,1-2H3/t16-,17?,18?,19?,21+,22+/m1/s1. The Balaban J connectivity index is 1.53. The largest absolute Gasteiger partial charge is 0.330 e. The molecule has 3 unspecified atom stereocenters. The van der Waals surface area contributed by atoms with Gasteiger partial charge in [-0.05, 0) is 86.8 Å². The van der Waals surface area contributed by atoms with Crippen LogP contribution in [0.25, 0.3) is 0 Å². The molecule has 3 fully saturated rings. The van der Waals surface area contributed by atoms with E-state index < -0.39 is 0 Å². The topological polar surface area (TPSA) is 43.1 Å². The zero-order valence-electron chi connectivity index (χ0n) is 16.1. The minimum Gasteiger partial charge on any atom is -0.330 e. The van der Waals surface area contributed by atoms with Crippen molar-refractivity contribution < 1.29 is 4.79 Å². The molecule has 0 aromatic heterocycles. The van der Waals surface area contributed by atoms with Crippen molar-refractivity contribution in [2.45, 2.75) is 76.9 Å². The van der Waals surface area contributed by atoms with Gasteiger partial charge in [-0.15, -0.1) is 0 Å². The summed E-state index contributed by atoms with van der Waals surface area (Å²) < 4.78 is 0. The molecule has 25 heavy (non-hydrogen) atoms. The van der Waals surface area contributed by atoms with Crippen molar-refractivity contribution in [3.05, 3.63) is 11.6 Å². The van der Waals surface area contributed by atoms with Crippen LogP contribution < -0.4 is 5.73 Å². The van der Waals surface area contributed by atoms with Crippen molar-refractivity contribution in [2.75, 3.05) is 12.3 Å². The fourth-order valence-corrected chi connectivity index (χ4v) is 8.10. The number of ketones is 1. The zero-order valence-corrected chi connectivity index (χ0v) is 16.9. The Morgan fingerprint density at radius 3 is 2.64 bits per heavy atom. The first kappa shape index (κ1) is 18.1. The normalized spacial score (nSPS) is 46.2. The summed E-state index contributed by atoms with van der Waals surface area (Å²) in [5, 5.41) is 0.716. The third-order valence-corrected chi connectivity index (χ3v) is 9.79. The summed E-state index contributed by atoms with van der Waals surface area (Å²) in [6, 6.07) is 0. The van der Waals surface area contributed by atoms with E-state index in [2.05, 4.69) is 31.7 Å². The highest BCUT2D eigenvalue weighted by molar-refractivity contribution is 8.00. The van der Waals surface area contributed by atoms with E-state index in [0.29, 0.717) is 22.4 Å². The van der Waals surface area contributed by atoms with Gasteiger partial charge in [-0.1, -0.05) is 25.5 Å². The maximum Gasteiger partial charge on any atom is 0.139 e. The molecular weight excluding hydrogens is 326 g/mol. The second-order valence-electron chi connectivity index (χ2n) is 9.53. The van der Waals surface area contributed by atoms with Crippen molar-refractivity contribution in [2.24, 2.45) is 34.3 Å². The van der Waals surface area contributed by atoms with E-state index in [0.717, 1.165) is 37.6 Å². The van der Waals surface area contributed by atoms with Crippen LogP contribution in [0.2, 0.25) is 0 Å². The number of thioether (sulfide) groups is 1. The molecule has 0 bridgehead atoms. The number of fused-ring (bicyclic) bond motifs is 5. The van der Waals surface area contributed by atoms with Gasteiger partial charge in [0.15, 0.2) is 0 Å². The van der Waals surface area contributed by atoms with Crippen LogP contribution >= 0.6 is 11.8 Å².